The maximum absolute atomic E-state index is 12.6. The van der Waals surface area contributed by atoms with E-state index in [-0.39, 0.29) is 24.2 Å². The molecule has 0 radical (unpaired) electrons. The van der Waals surface area contributed by atoms with E-state index in [2.05, 4.69) is 9.97 Å². The van der Waals surface area contributed by atoms with E-state index in [4.69, 9.17) is 4.74 Å². The highest BCUT2D eigenvalue weighted by Gasteiger charge is 2.30. The molecule has 0 bridgehead atoms. The normalized spacial score (nSPS) is 15.8. The summed E-state index contributed by atoms with van der Waals surface area (Å²) >= 11 is 0. The first kappa shape index (κ1) is 22.5. The number of likely N-dealkylation sites (N-methyl/N-ethyl adjacent to an activating group) is 1. The molecule has 2 aromatic rings. The molecule has 0 spiro atoms. The summed E-state index contributed by atoms with van der Waals surface area (Å²) in [6, 6.07) is 9.68. The first-order valence-corrected chi connectivity index (χ1v) is 10.5. The summed E-state index contributed by atoms with van der Waals surface area (Å²) in [6.45, 7) is 3.24. The number of carbonyl (C=O) groups is 2. The van der Waals surface area contributed by atoms with E-state index in [1.54, 1.807) is 16.8 Å². The van der Waals surface area contributed by atoms with E-state index in [0.717, 1.165) is 22.8 Å². The van der Waals surface area contributed by atoms with Gasteiger partial charge < -0.3 is 19.4 Å². The van der Waals surface area contributed by atoms with Gasteiger partial charge in [-0.15, -0.1) is 0 Å². The lowest BCUT2D eigenvalue weighted by Gasteiger charge is -2.20. The number of aryl methyl sites for hydroxylation is 1. The molecule has 1 fully saturated rings. The zero-order valence-electron chi connectivity index (χ0n) is 19.0. The molecule has 3 rings (SSSR count). The smallest absolute Gasteiger partial charge is 0.226 e. The molecule has 0 saturated carbocycles. The van der Waals surface area contributed by atoms with Crippen LogP contribution in [0.1, 0.15) is 35.8 Å². The van der Waals surface area contributed by atoms with Gasteiger partial charge in [0.25, 0.3) is 0 Å². The van der Waals surface area contributed by atoms with Gasteiger partial charge in [0.2, 0.25) is 11.8 Å². The first-order valence-electron chi connectivity index (χ1n) is 10.5. The number of benzene rings is 1. The average molecular weight is 426 g/mol. The summed E-state index contributed by atoms with van der Waals surface area (Å²) in [6.07, 6.45) is 0.720. The van der Waals surface area contributed by atoms with Crippen molar-refractivity contribution in [2.45, 2.75) is 32.2 Å². The third kappa shape index (κ3) is 5.71. The van der Waals surface area contributed by atoms with Gasteiger partial charge >= 0.3 is 0 Å². The highest BCUT2D eigenvalue weighted by molar-refractivity contribution is 5.79. The number of hydrogen-bond acceptors (Lipinski definition) is 6. The molecular formula is C23H31N5O3. The van der Waals surface area contributed by atoms with Gasteiger partial charge in [-0.1, -0.05) is 18.2 Å². The molecular weight excluding hydrogens is 394 g/mol. The topological polar surface area (TPSA) is 78.9 Å². The zero-order chi connectivity index (χ0) is 22.5. The molecule has 1 atom stereocenters. The monoisotopic (exact) mass is 425 g/mol. The number of anilines is 1. The summed E-state index contributed by atoms with van der Waals surface area (Å²) < 4.78 is 5.74. The number of para-hydroxylation sites is 1. The third-order valence-electron chi connectivity index (χ3n) is 5.47. The number of amides is 2. The minimum Gasteiger partial charge on any atom is -0.493 e. The Balaban J connectivity index is 1.64. The number of carbonyl (C=O) groups excluding carboxylic acids is 2. The van der Waals surface area contributed by atoms with Gasteiger partial charge in [0.15, 0.2) is 0 Å². The molecule has 2 heterocycles. The summed E-state index contributed by atoms with van der Waals surface area (Å²) in [5.41, 5.74) is 1.89. The number of rotatable bonds is 8. The Morgan fingerprint density at radius 3 is 2.61 bits per heavy atom. The maximum atomic E-state index is 12.6. The molecule has 1 aromatic carbocycles. The fraction of sp³-hybridized carbons (Fsp3) is 0.478. The van der Waals surface area contributed by atoms with E-state index < -0.39 is 0 Å². The Morgan fingerprint density at radius 1 is 1.23 bits per heavy atom. The van der Waals surface area contributed by atoms with E-state index in [9.17, 15) is 9.59 Å². The van der Waals surface area contributed by atoms with Crippen LogP contribution >= 0.6 is 0 Å². The predicted molar refractivity (Wildman–Crippen MR) is 119 cm³/mol. The van der Waals surface area contributed by atoms with Crippen LogP contribution in [0.15, 0.2) is 30.3 Å². The second kappa shape index (κ2) is 9.76. The van der Waals surface area contributed by atoms with Crippen molar-refractivity contribution in [3.63, 3.8) is 0 Å². The molecule has 1 aliphatic rings. The van der Waals surface area contributed by atoms with Crippen LogP contribution in [0.4, 0.5) is 5.82 Å². The summed E-state index contributed by atoms with van der Waals surface area (Å²) in [7, 11) is 7.39. The summed E-state index contributed by atoms with van der Waals surface area (Å²) in [5, 5.41) is 0. The predicted octanol–water partition coefficient (Wildman–Crippen LogP) is 2.22. The SMILES string of the molecule is Cc1ccccc1OCCC(=O)N(C)Cc1nc(C2CC(=O)N(C)C2)cc(N(C)C)n1. The number of nitrogens with zero attached hydrogens (tertiary/aromatic N) is 5. The lowest BCUT2D eigenvalue weighted by molar-refractivity contribution is -0.131. The maximum Gasteiger partial charge on any atom is 0.226 e. The number of aromatic nitrogens is 2. The van der Waals surface area contributed by atoms with Crippen molar-refractivity contribution < 1.29 is 14.3 Å². The lowest BCUT2D eigenvalue weighted by atomic mass is 10.0. The molecule has 1 unspecified atom stereocenters. The van der Waals surface area contributed by atoms with E-state index in [0.29, 0.717) is 31.9 Å². The van der Waals surface area contributed by atoms with Crippen LogP contribution in [0.2, 0.25) is 0 Å². The van der Waals surface area contributed by atoms with Crippen LogP contribution in [-0.4, -0.2) is 72.9 Å². The van der Waals surface area contributed by atoms with Crippen molar-refractivity contribution >= 4 is 17.6 Å². The minimum atomic E-state index is -0.0373. The van der Waals surface area contributed by atoms with Gasteiger partial charge in [0.1, 0.15) is 17.4 Å². The highest BCUT2D eigenvalue weighted by Crippen LogP contribution is 2.27. The molecule has 0 N–H and O–H groups in total. The summed E-state index contributed by atoms with van der Waals surface area (Å²) in [5.74, 6) is 2.26. The molecule has 166 valence electrons. The Kier molecular flexibility index (Phi) is 7.09. The molecule has 1 aliphatic heterocycles. The van der Waals surface area contributed by atoms with Gasteiger partial charge in [-0.3, -0.25) is 9.59 Å². The van der Waals surface area contributed by atoms with Crippen LogP contribution < -0.4 is 9.64 Å². The van der Waals surface area contributed by atoms with Gasteiger partial charge in [-0.2, -0.15) is 0 Å². The molecule has 1 aromatic heterocycles. The van der Waals surface area contributed by atoms with Crippen molar-refractivity contribution in [2.24, 2.45) is 0 Å². The Labute approximate surface area is 183 Å². The van der Waals surface area contributed by atoms with E-state index in [1.807, 2.05) is 63.3 Å². The van der Waals surface area contributed by atoms with Crippen LogP contribution in [0, 0.1) is 6.92 Å². The van der Waals surface area contributed by atoms with Gasteiger partial charge in [-0.25, -0.2) is 9.97 Å². The van der Waals surface area contributed by atoms with Crippen molar-refractivity contribution in [1.29, 1.82) is 0 Å². The fourth-order valence-corrected chi connectivity index (χ4v) is 3.53. The van der Waals surface area contributed by atoms with Crippen LogP contribution in [0.3, 0.4) is 0 Å². The molecule has 8 nitrogen and oxygen atoms in total. The van der Waals surface area contributed by atoms with Gasteiger partial charge in [0, 0.05) is 53.1 Å². The van der Waals surface area contributed by atoms with Crippen LogP contribution in [-0.2, 0) is 16.1 Å². The third-order valence-corrected chi connectivity index (χ3v) is 5.47. The Bertz CT molecular complexity index is 947. The molecule has 2 amide bonds. The largest absolute Gasteiger partial charge is 0.493 e. The molecule has 8 heteroatoms. The van der Waals surface area contributed by atoms with Crippen molar-refractivity contribution in [2.75, 3.05) is 46.2 Å². The quantitative estimate of drug-likeness (QED) is 0.645. The number of hydrogen-bond donors (Lipinski definition) is 0. The van der Waals surface area contributed by atoms with E-state index in [1.165, 1.54) is 0 Å². The van der Waals surface area contributed by atoms with E-state index >= 15 is 0 Å². The van der Waals surface area contributed by atoms with Crippen LogP contribution in [0.5, 0.6) is 5.75 Å². The number of ether oxygens (including phenoxy) is 1. The standard InChI is InChI=1S/C23H31N5O3/c1-16-8-6-7-9-19(16)31-11-10-22(29)28(5)15-20-24-18(13-21(25-20)26(2)3)17-12-23(30)27(4)14-17/h6-9,13,17H,10-12,14-15H2,1-5H3. The fourth-order valence-electron chi connectivity index (χ4n) is 3.53. The molecule has 1 saturated heterocycles. The second-order valence-corrected chi connectivity index (χ2v) is 8.25. The highest BCUT2D eigenvalue weighted by atomic mass is 16.5. The van der Waals surface area contributed by atoms with Gasteiger partial charge in [0.05, 0.1) is 25.3 Å². The van der Waals surface area contributed by atoms with Gasteiger partial charge in [-0.05, 0) is 18.6 Å². The number of likely N-dealkylation sites (tertiary alicyclic amines) is 1. The summed E-state index contributed by atoms with van der Waals surface area (Å²) in [4.78, 5) is 39.1. The average Bonchev–Trinajstić information content (AvgIpc) is 3.07. The lowest BCUT2D eigenvalue weighted by Crippen LogP contribution is -2.29. The Morgan fingerprint density at radius 2 is 1.97 bits per heavy atom. The van der Waals surface area contributed by atoms with Crippen molar-refractivity contribution in [1.82, 2.24) is 19.8 Å². The van der Waals surface area contributed by atoms with Crippen molar-refractivity contribution in [3.05, 3.63) is 47.4 Å². The Hall–Kier alpha value is -3.16. The minimum absolute atomic E-state index is 0.0373. The second-order valence-electron chi connectivity index (χ2n) is 8.25. The van der Waals surface area contributed by atoms with Crippen LogP contribution in [0.25, 0.3) is 0 Å². The molecule has 0 aliphatic carbocycles. The first-order chi connectivity index (χ1) is 14.7. The van der Waals surface area contributed by atoms with Crippen molar-refractivity contribution in [3.8, 4) is 5.75 Å². The zero-order valence-corrected chi connectivity index (χ0v) is 19.0. The molecule has 31 heavy (non-hydrogen) atoms.